The number of hydrogen-bond donors (Lipinski definition) is 1. The summed E-state index contributed by atoms with van der Waals surface area (Å²) >= 11 is 0. The van der Waals surface area contributed by atoms with E-state index >= 15 is 0 Å². The minimum absolute atomic E-state index is 0.167. The second-order valence-electron chi connectivity index (χ2n) is 5.54. The van der Waals surface area contributed by atoms with Gasteiger partial charge in [0.25, 0.3) is 5.91 Å². The lowest BCUT2D eigenvalue weighted by atomic mass is 10.1. The summed E-state index contributed by atoms with van der Waals surface area (Å²) in [6, 6.07) is 12.2. The molecular weight excluding hydrogens is 310 g/mol. The molecular formula is C17H19N3O4. The van der Waals surface area contributed by atoms with Gasteiger partial charge in [0.05, 0.1) is 13.7 Å². The summed E-state index contributed by atoms with van der Waals surface area (Å²) in [5.41, 5.74) is 0.591. The second kappa shape index (κ2) is 7.27. The van der Waals surface area contributed by atoms with Crippen LogP contribution in [0.1, 0.15) is 18.1 Å². The third-order valence-electron chi connectivity index (χ3n) is 3.92. The maximum atomic E-state index is 12.4. The van der Waals surface area contributed by atoms with Crippen LogP contribution < -0.4 is 9.47 Å². The molecule has 2 heterocycles. The van der Waals surface area contributed by atoms with E-state index in [4.69, 9.17) is 9.47 Å². The highest BCUT2D eigenvalue weighted by atomic mass is 16.5. The molecule has 1 aliphatic heterocycles. The molecule has 1 fully saturated rings. The lowest BCUT2D eigenvalue weighted by Gasteiger charge is -2.20. The van der Waals surface area contributed by atoms with E-state index in [-0.39, 0.29) is 12.0 Å². The third kappa shape index (κ3) is 3.62. The molecule has 0 aliphatic carbocycles. The maximum Gasteiger partial charge on any atom is 0.256 e. The number of likely N-dealkylation sites (tertiary alicyclic amines) is 1. The van der Waals surface area contributed by atoms with E-state index in [2.05, 4.69) is 10.2 Å². The van der Waals surface area contributed by atoms with Crippen molar-refractivity contribution in [3.05, 3.63) is 48.0 Å². The number of ether oxygens (including phenoxy) is 2. The summed E-state index contributed by atoms with van der Waals surface area (Å²) in [6.07, 6.45) is -0.633. The van der Waals surface area contributed by atoms with E-state index < -0.39 is 6.10 Å². The Kier molecular flexibility index (Phi) is 4.90. The minimum atomic E-state index is -1.15. The van der Waals surface area contributed by atoms with Gasteiger partial charge in [0.15, 0.2) is 6.10 Å². The minimum Gasteiger partial charge on any atom is -0.480 e. The number of benzene rings is 1. The summed E-state index contributed by atoms with van der Waals surface area (Å²) in [6.45, 7) is 0.952. The lowest BCUT2D eigenvalue weighted by molar-refractivity contribution is -0.139. The summed E-state index contributed by atoms with van der Waals surface area (Å²) < 4.78 is 10.7. The number of amides is 1. The third-order valence-corrected chi connectivity index (χ3v) is 3.92. The van der Waals surface area contributed by atoms with Gasteiger partial charge in [0, 0.05) is 25.1 Å². The number of nitrogens with zero attached hydrogens (tertiary/aromatic N) is 3. The van der Waals surface area contributed by atoms with Gasteiger partial charge in [-0.25, -0.2) is 0 Å². The lowest BCUT2D eigenvalue weighted by Crippen LogP contribution is -2.34. The highest BCUT2D eigenvalue weighted by molar-refractivity contribution is 5.82. The molecule has 2 aromatic rings. The molecule has 0 spiro atoms. The van der Waals surface area contributed by atoms with Crippen molar-refractivity contribution in [2.24, 2.45) is 0 Å². The predicted octanol–water partition coefficient (Wildman–Crippen LogP) is 1.20. The molecule has 1 aliphatic rings. The number of rotatable bonds is 5. The van der Waals surface area contributed by atoms with Gasteiger partial charge in [-0.05, 0) is 5.56 Å². The van der Waals surface area contributed by atoms with Crippen molar-refractivity contribution in [3.8, 4) is 11.8 Å². The van der Waals surface area contributed by atoms with Crippen molar-refractivity contribution in [2.45, 2.75) is 18.6 Å². The van der Waals surface area contributed by atoms with E-state index in [9.17, 15) is 9.90 Å². The van der Waals surface area contributed by atoms with Crippen molar-refractivity contribution < 1.29 is 19.4 Å². The topological polar surface area (TPSA) is 84.8 Å². The fourth-order valence-electron chi connectivity index (χ4n) is 2.63. The van der Waals surface area contributed by atoms with Gasteiger partial charge in [-0.1, -0.05) is 30.3 Å². The molecule has 7 heteroatoms. The number of carbonyl (C=O) groups is 1. The van der Waals surface area contributed by atoms with Crippen LogP contribution in [0.4, 0.5) is 0 Å². The largest absolute Gasteiger partial charge is 0.480 e. The van der Waals surface area contributed by atoms with Gasteiger partial charge >= 0.3 is 0 Å². The molecule has 0 unspecified atom stereocenters. The highest BCUT2D eigenvalue weighted by Crippen LogP contribution is 2.21. The van der Waals surface area contributed by atoms with Gasteiger partial charge in [-0.3, -0.25) is 4.79 Å². The van der Waals surface area contributed by atoms with Crippen LogP contribution in [0.25, 0.3) is 0 Å². The fraction of sp³-hybridized carbons (Fsp3) is 0.353. The van der Waals surface area contributed by atoms with Crippen molar-refractivity contribution >= 4 is 5.91 Å². The smallest absolute Gasteiger partial charge is 0.256 e. The second-order valence-corrected chi connectivity index (χ2v) is 5.54. The molecule has 126 valence electrons. The normalized spacial score (nSPS) is 18.2. The molecule has 3 rings (SSSR count). The molecule has 1 aromatic heterocycles. The van der Waals surface area contributed by atoms with E-state index in [1.54, 1.807) is 41.3 Å². The van der Waals surface area contributed by atoms with Crippen molar-refractivity contribution in [3.63, 3.8) is 0 Å². The van der Waals surface area contributed by atoms with Crippen molar-refractivity contribution in [1.29, 1.82) is 0 Å². The Morgan fingerprint density at radius 3 is 2.58 bits per heavy atom. The zero-order valence-electron chi connectivity index (χ0n) is 13.3. The Bertz CT molecular complexity index is 678. The Morgan fingerprint density at radius 2 is 1.92 bits per heavy atom. The molecule has 1 amide bonds. The zero-order chi connectivity index (χ0) is 16.9. The Labute approximate surface area is 139 Å². The number of aromatic nitrogens is 2. The molecule has 0 saturated carbocycles. The van der Waals surface area contributed by atoms with Gasteiger partial charge in [-0.15, -0.1) is 10.2 Å². The van der Waals surface area contributed by atoms with Crippen molar-refractivity contribution in [2.75, 3.05) is 20.2 Å². The summed E-state index contributed by atoms with van der Waals surface area (Å²) in [5, 5.41) is 18.0. The van der Waals surface area contributed by atoms with Gasteiger partial charge in [-0.2, -0.15) is 0 Å². The molecule has 1 N–H and O–H groups in total. The van der Waals surface area contributed by atoms with Gasteiger partial charge in [0.1, 0.15) is 6.10 Å². The predicted molar refractivity (Wildman–Crippen MR) is 85.6 cm³/mol. The summed E-state index contributed by atoms with van der Waals surface area (Å²) in [4.78, 5) is 14.0. The molecule has 2 atom stereocenters. The molecule has 0 radical (unpaired) electrons. The van der Waals surface area contributed by atoms with Gasteiger partial charge < -0.3 is 19.5 Å². The number of aliphatic hydroxyl groups is 1. The van der Waals surface area contributed by atoms with Crippen LogP contribution in [-0.4, -0.2) is 52.4 Å². The number of aliphatic hydroxyl groups excluding tert-OH is 1. The molecule has 1 saturated heterocycles. The monoisotopic (exact) mass is 329 g/mol. The van der Waals surface area contributed by atoms with Crippen LogP contribution in [0.3, 0.4) is 0 Å². The van der Waals surface area contributed by atoms with E-state index in [0.29, 0.717) is 36.8 Å². The SMILES string of the molecule is COc1ccc(O[C@@H]2CCN(C(=O)[C@H](O)c3ccccc3)C2)nn1. The first-order valence-electron chi connectivity index (χ1n) is 7.73. The van der Waals surface area contributed by atoms with Crippen LogP contribution in [0.15, 0.2) is 42.5 Å². The number of hydrogen-bond acceptors (Lipinski definition) is 6. The first-order chi connectivity index (χ1) is 11.7. The first-order valence-corrected chi connectivity index (χ1v) is 7.73. The first kappa shape index (κ1) is 16.2. The standard InChI is InChI=1S/C17H19N3O4/c1-23-14-7-8-15(19-18-14)24-13-9-10-20(11-13)17(22)16(21)12-5-3-2-4-6-12/h2-8,13,16,21H,9-11H2,1H3/t13-,16-/m1/s1. The Morgan fingerprint density at radius 1 is 1.21 bits per heavy atom. The number of methoxy groups -OCH3 is 1. The molecule has 1 aromatic carbocycles. The van der Waals surface area contributed by atoms with Crippen molar-refractivity contribution in [1.82, 2.24) is 15.1 Å². The summed E-state index contributed by atoms with van der Waals surface area (Å²) in [5.74, 6) is 0.489. The van der Waals surface area contributed by atoms with E-state index in [0.717, 1.165) is 0 Å². The Balaban J connectivity index is 1.57. The molecule has 7 nitrogen and oxygen atoms in total. The van der Waals surface area contributed by atoms with E-state index in [1.165, 1.54) is 7.11 Å². The Hall–Kier alpha value is -2.67. The molecule has 0 bridgehead atoms. The highest BCUT2D eigenvalue weighted by Gasteiger charge is 2.31. The van der Waals surface area contributed by atoms with Crippen LogP contribution in [-0.2, 0) is 4.79 Å². The van der Waals surface area contributed by atoms with Crippen LogP contribution in [0.5, 0.6) is 11.8 Å². The molecule has 24 heavy (non-hydrogen) atoms. The van der Waals surface area contributed by atoms with Gasteiger partial charge in [0.2, 0.25) is 11.8 Å². The van der Waals surface area contributed by atoms with Crippen LogP contribution >= 0.6 is 0 Å². The van der Waals surface area contributed by atoms with Crippen LogP contribution in [0.2, 0.25) is 0 Å². The average molecular weight is 329 g/mol. The van der Waals surface area contributed by atoms with E-state index in [1.807, 2.05) is 6.07 Å². The fourth-order valence-corrected chi connectivity index (χ4v) is 2.63. The quantitative estimate of drug-likeness (QED) is 0.887. The van der Waals surface area contributed by atoms with Crippen LogP contribution in [0, 0.1) is 0 Å². The average Bonchev–Trinajstić information content (AvgIpc) is 3.10. The number of carbonyl (C=O) groups excluding carboxylic acids is 1. The zero-order valence-corrected chi connectivity index (χ0v) is 13.3. The maximum absolute atomic E-state index is 12.4. The summed E-state index contributed by atoms with van der Waals surface area (Å²) in [7, 11) is 1.52.